The third kappa shape index (κ3) is 1.68. The molecule has 0 fully saturated rings. The van der Waals surface area contributed by atoms with Gasteiger partial charge in [0, 0.05) is 21.5 Å². The summed E-state index contributed by atoms with van der Waals surface area (Å²) in [5, 5.41) is 5.61. The fourth-order valence-electron chi connectivity index (χ4n) is 5.54. The number of nitrogens with zero attached hydrogens (tertiary/aromatic N) is 1. The first-order chi connectivity index (χ1) is 13.9. The van der Waals surface area contributed by atoms with Crippen molar-refractivity contribution in [2.24, 2.45) is 0 Å². The molecule has 1 nitrogen and oxygen atoms in total. The van der Waals surface area contributed by atoms with Crippen molar-refractivity contribution in [3.8, 4) is 11.1 Å². The number of hydrogen-bond donors (Lipinski definition) is 0. The predicted molar refractivity (Wildman–Crippen MR) is 119 cm³/mol. The molecule has 0 N–H and O–H groups in total. The van der Waals surface area contributed by atoms with E-state index in [1.165, 1.54) is 66.8 Å². The van der Waals surface area contributed by atoms with Crippen LogP contribution in [0.3, 0.4) is 0 Å². The van der Waals surface area contributed by atoms with Gasteiger partial charge in [0.1, 0.15) is 0 Å². The smallest absolute Gasteiger partial charge is 0.0623 e. The van der Waals surface area contributed by atoms with Gasteiger partial charge in [0.2, 0.25) is 0 Å². The molecule has 0 radical (unpaired) electrons. The van der Waals surface area contributed by atoms with E-state index in [0.29, 0.717) is 0 Å². The zero-order chi connectivity index (χ0) is 18.2. The Kier molecular flexibility index (Phi) is 2.70. The van der Waals surface area contributed by atoms with Crippen LogP contribution in [0, 0.1) is 0 Å². The van der Waals surface area contributed by atoms with Crippen LogP contribution in [0.4, 0.5) is 0 Å². The number of hydrogen-bond acceptors (Lipinski definition) is 0. The molecule has 0 bridgehead atoms. The van der Waals surface area contributed by atoms with E-state index in [-0.39, 0.29) is 0 Å². The van der Waals surface area contributed by atoms with Crippen LogP contribution in [0.2, 0.25) is 0 Å². The summed E-state index contributed by atoms with van der Waals surface area (Å²) in [5.74, 6) is 0. The highest BCUT2D eigenvalue weighted by atomic mass is 14.9. The van der Waals surface area contributed by atoms with Crippen LogP contribution in [0.25, 0.3) is 49.2 Å². The van der Waals surface area contributed by atoms with Gasteiger partial charge in [-0.3, -0.25) is 0 Å². The van der Waals surface area contributed by atoms with Gasteiger partial charge >= 0.3 is 0 Å². The van der Waals surface area contributed by atoms with Gasteiger partial charge in [-0.15, -0.1) is 0 Å². The molecular weight excluding hydrogens is 338 g/mol. The molecule has 1 aliphatic carbocycles. The molecule has 2 aromatic heterocycles. The minimum absolute atomic E-state index is 1.14. The van der Waals surface area contributed by atoms with Crippen LogP contribution in [0.1, 0.15) is 17.5 Å². The van der Waals surface area contributed by atoms with Gasteiger partial charge < -0.3 is 4.40 Å². The second kappa shape index (κ2) is 5.14. The summed E-state index contributed by atoms with van der Waals surface area (Å²) in [7, 11) is 0. The lowest BCUT2D eigenvalue weighted by Crippen LogP contribution is -1.90. The average Bonchev–Trinajstić information content (AvgIpc) is 3.18. The minimum Gasteiger partial charge on any atom is -0.308 e. The van der Waals surface area contributed by atoms with Crippen molar-refractivity contribution >= 4 is 38.1 Å². The molecule has 0 spiro atoms. The summed E-state index contributed by atoms with van der Waals surface area (Å²) in [5.41, 5.74) is 9.94. The highest BCUT2D eigenvalue weighted by molar-refractivity contribution is 6.25. The Bertz CT molecular complexity index is 1530. The first-order valence-corrected chi connectivity index (χ1v) is 10.2. The molecule has 0 saturated carbocycles. The van der Waals surface area contributed by atoms with Crippen molar-refractivity contribution in [2.75, 3.05) is 0 Å². The van der Waals surface area contributed by atoms with Crippen LogP contribution < -0.4 is 0 Å². The number of aromatic nitrogens is 1. The van der Waals surface area contributed by atoms with E-state index in [2.05, 4.69) is 83.3 Å². The molecule has 6 aromatic rings. The Balaban J connectivity index is 1.82. The summed E-state index contributed by atoms with van der Waals surface area (Å²) in [6, 6.07) is 29.3. The molecule has 0 amide bonds. The topological polar surface area (TPSA) is 4.41 Å². The Labute approximate surface area is 163 Å². The highest BCUT2D eigenvalue weighted by Crippen LogP contribution is 2.46. The zero-order valence-corrected chi connectivity index (χ0v) is 15.6. The van der Waals surface area contributed by atoms with Crippen molar-refractivity contribution in [1.82, 2.24) is 4.40 Å². The van der Waals surface area contributed by atoms with E-state index in [1.807, 2.05) is 0 Å². The first-order valence-electron chi connectivity index (χ1n) is 10.2. The highest BCUT2D eigenvalue weighted by Gasteiger charge is 2.24. The summed E-state index contributed by atoms with van der Waals surface area (Å²) in [6.07, 6.45) is 3.52. The molecule has 7 rings (SSSR count). The fourth-order valence-corrected chi connectivity index (χ4v) is 5.54. The molecule has 0 saturated heterocycles. The third-order valence-electron chi connectivity index (χ3n) is 6.66. The van der Waals surface area contributed by atoms with Gasteiger partial charge in [0.05, 0.1) is 16.6 Å². The number of aryl methyl sites for hydroxylation is 2. The third-order valence-corrected chi connectivity index (χ3v) is 6.66. The molecule has 1 heteroatoms. The maximum atomic E-state index is 2.49. The molecule has 1 aliphatic rings. The van der Waals surface area contributed by atoms with Crippen LogP contribution >= 0.6 is 0 Å². The Morgan fingerprint density at radius 3 is 2.21 bits per heavy atom. The Morgan fingerprint density at radius 2 is 1.32 bits per heavy atom. The predicted octanol–water partition coefficient (Wildman–Crippen LogP) is 6.99. The lowest BCUT2D eigenvalue weighted by atomic mass is 9.91. The van der Waals surface area contributed by atoms with Crippen LogP contribution in [-0.2, 0) is 12.8 Å². The van der Waals surface area contributed by atoms with E-state index < -0.39 is 0 Å². The molecule has 0 unspecified atom stereocenters. The van der Waals surface area contributed by atoms with Gasteiger partial charge in [0.25, 0.3) is 0 Å². The minimum atomic E-state index is 1.14. The van der Waals surface area contributed by atoms with Crippen molar-refractivity contribution in [3.63, 3.8) is 0 Å². The number of para-hydroxylation sites is 2. The van der Waals surface area contributed by atoms with Gasteiger partial charge in [-0.2, -0.15) is 0 Å². The first kappa shape index (κ1) is 14.7. The van der Waals surface area contributed by atoms with Crippen molar-refractivity contribution in [1.29, 1.82) is 0 Å². The number of fused-ring (bicyclic) bond motifs is 10. The molecular formula is C27H19N. The maximum absolute atomic E-state index is 2.49. The number of rotatable bonds is 0. The SMILES string of the molecule is c1ccc2c(c1)CCCc1c-2cc2c3ccccc3n3c4ccccc4c1c23. The molecule has 28 heavy (non-hydrogen) atoms. The van der Waals surface area contributed by atoms with Crippen molar-refractivity contribution < 1.29 is 0 Å². The Morgan fingerprint density at radius 1 is 0.607 bits per heavy atom. The molecule has 132 valence electrons. The van der Waals surface area contributed by atoms with E-state index >= 15 is 0 Å². The van der Waals surface area contributed by atoms with Crippen LogP contribution in [0.5, 0.6) is 0 Å². The van der Waals surface area contributed by atoms with Gasteiger partial charge in [-0.1, -0.05) is 60.7 Å². The largest absolute Gasteiger partial charge is 0.308 e. The second-order valence-electron chi connectivity index (χ2n) is 8.05. The summed E-state index contributed by atoms with van der Waals surface area (Å²) >= 11 is 0. The quantitative estimate of drug-likeness (QED) is 0.276. The normalized spacial score (nSPS) is 14.0. The summed E-state index contributed by atoms with van der Waals surface area (Å²) in [6.45, 7) is 0. The van der Waals surface area contributed by atoms with E-state index in [1.54, 1.807) is 0 Å². The Hall–Kier alpha value is -3.32. The van der Waals surface area contributed by atoms with Crippen LogP contribution in [0.15, 0.2) is 78.9 Å². The monoisotopic (exact) mass is 357 g/mol. The maximum Gasteiger partial charge on any atom is 0.0623 e. The standard InChI is InChI=1S/C27H19N/c1-2-10-18-17(8-1)9-7-13-20-22(18)16-23-19-11-3-5-14-24(19)28-25-15-6-4-12-21(25)26(20)27(23)28/h1-6,8,10-12,14-16H,7,9,13H2. The van der Waals surface area contributed by atoms with E-state index in [9.17, 15) is 0 Å². The summed E-state index contributed by atoms with van der Waals surface area (Å²) < 4.78 is 2.49. The van der Waals surface area contributed by atoms with Crippen molar-refractivity contribution in [2.45, 2.75) is 19.3 Å². The van der Waals surface area contributed by atoms with Gasteiger partial charge in [-0.05, 0) is 59.7 Å². The summed E-state index contributed by atoms with van der Waals surface area (Å²) in [4.78, 5) is 0. The van der Waals surface area contributed by atoms with Crippen molar-refractivity contribution in [3.05, 3.63) is 90.0 Å². The lowest BCUT2D eigenvalue weighted by molar-refractivity contribution is 0.839. The lowest BCUT2D eigenvalue weighted by Gasteiger charge is -2.12. The van der Waals surface area contributed by atoms with Gasteiger partial charge in [-0.25, -0.2) is 0 Å². The van der Waals surface area contributed by atoms with Crippen LogP contribution in [-0.4, -0.2) is 4.40 Å². The zero-order valence-electron chi connectivity index (χ0n) is 15.6. The molecule has 2 heterocycles. The average molecular weight is 357 g/mol. The molecule has 0 atom stereocenters. The van der Waals surface area contributed by atoms with Gasteiger partial charge in [0.15, 0.2) is 0 Å². The number of benzene rings is 4. The van der Waals surface area contributed by atoms with E-state index in [4.69, 9.17) is 0 Å². The molecule has 4 aromatic carbocycles. The second-order valence-corrected chi connectivity index (χ2v) is 8.05. The van der Waals surface area contributed by atoms with E-state index in [0.717, 1.165) is 12.8 Å². The fraction of sp³-hybridized carbons (Fsp3) is 0.111. The molecule has 0 aliphatic heterocycles.